The number of esters is 1. The lowest BCUT2D eigenvalue weighted by molar-refractivity contribution is 0.0474. The summed E-state index contributed by atoms with van der Waals surface area (Å²) in [5.41, 5.74) is 0.729. The second kappa shape index (κ2) is 8.96. The average molecular weight is 435 g/mol. The van der Waals surface area contributed by atoms with E-state index in [1.54, 1.807) is 37.4 Å². The molecule has 27 heavy (non-hydrogen) atoms. The lowest BCUT2D eigenvalue weighted by Crippen LogP contribution is -2.36. The van der Waals surface area contributed by atoms with Crippen LogP contribution in [0.3, 0.4) is 0 Å². The Morgan fingerprint density at radius 3 is 2.56 bits per heavy atom. The van der Waals surface area contributed by atoms with E-state index in [-0.39, 0.29) is 12.4 Å². The SMILES string of the molecule is COc1ccc(C(=O)COC(=O)c2ccc(N3CCOCC3)nc2)cc1Br. The smallest absolute Gasteiger partial charge is 0.340 e. The molecule has 0 radical (unpaired) electrons. The molecular weight excluding hydrogens is 416 g/mol. The molecule has 1 aromatic heterocycles. The van der Waals surface area contributed by atoms with Gasteiger partial charge in [-0.05, 0) is 46.3 Å². The van der Waals surface area contributed by atoms with Crippen LogP contribution in [0.5, 0.6) is 5.75 Å². The zero-order valence-electron chi connectivity index (χ0n) is 14.8. The van der Waals surface area contributed by atoms with Gasteiger partial charge in [-0.15, -0.1) is 0 Å². The Labute approximate surface area is 165 Å². The van der Waals surface area contributed by atoms with Gasteiger partial charge in [0.15, 0.2) is 12.4 Å². The van der Waals surface area contributed by atoms with E-state index < -0.39 is 5.97 Å². The molecule has 0 bridgehead atoms. The first-order valence-corrected chi connectivity index (χ1v) is 9.20. The molecule has 1 aromatic carbocycles. The van der Waals surface area contributed by atoms with Gasteiger partial charge in [-0.2, -0.15) is 0 Å². The highest BCUT2D eigenvalue weighted by Crippen LogP contribution is 2.25. The zero-order valence-corrected chi connectivity index (χ0v) is 16.4. The molecule has 0 aliphatic carbocycles. The molecule has 0 spiro atoms. The second-order valence-electron chi connectivity index (χ2n) is 5.85. The number of carbonyl (C=O) groups is 2. The lowest BCUT2D eigenvalue weighted by atomic mass is 10.1. The van der Waals surface area contributed by atoms with Gasteiger partial charge in [0.2, 0.25) is 0 Å². The van der Waals surface area contributed by atoms with E-state index in [0.717, 1.165) is 18.9 Å². The van der Waals surface area contributed by atoms with Crippen LogP contribution in [0.25, 0.3) is 0 Å². The van der Waals surface area contributed by atoms with Crippen molar-refractivity contribution in [3.8, 4) is 5.75 Å². The molecule has 2 aromatic rings. The number of Topliss-reactive ketones (excluding diaryl/α,β-unsaturated/α-hetero) is 1. The van der Waals surface area contributed by atoms with Gasteiger partial charge < -0.3 is 19.1 Å². The van der Waals surface area contributed by atoms with Crippen LogP contribution in [0.1, 0.15) is 20.7 Å². The van der Waals surface area contributed by atoms with Crippen LogP contribution in [0.15, 0.2) is 41.0 Å². The molecule has 1 fully saturated rings. The number of hydrogen-bond donors (Lipinski definition) is 0. The highest BCUT2D eigenvalue weighted by Gasteiger charge is 2.16. The number of halogens is 1. The standard InChI is InChI=1S/C19H19BrN2O5/c1-25-17-4-2-13(10-15(17)20)16(23)12-27-19(24)14-3-5-18(21-11-14)22-6-8-26-9-7-22/h2-5,10-11H,6-9,12H2,1H3. The molecule has 1 aliphatic heterocycles. The van der Waals surface area contributed by atoms with Crippen LogP contribution in [-0.2, 0) is 9.47 Å². The monoisotopic (exact) mass is 434 g/mol. The van der Waals surface area contributed by atoms with Gasteiger partial charge in [-0.25, -0.2) is 9.78 Å². The van der Waals surface area contributed by atoms with Gasteiger partial charge in [0.1, 0.15) is 11.6 Å². The Kier molecular flexibility index (Phi) is 6.41. The van der Waals surface area contributed by atoms with Gasteiger partial charge in [-0.1, -0.05) is 0 Å². The summed E-state index contributed by atoms with van der Waals surface area (Å²) in [6, 6.07) is 8.35. The van der Waals surface area contributed by atoms with E-state index in [9.17, 15) is 9.59 Å². The number of hydrogen-bond acceptors (Lipinski definition) is 7. The van der Waals surface area contributed by atoms with E-state index in [1.807, 2.05) is 0 Å². The van der Waals surface area contributed by atoms with Crippen LogP contribution in [0, 0.1) is 0 Å². The summed E-state index contributed by atoms with van der Waals surface area (Å²) in [7, 11) is 1.54. The number of morpholine rings is 1. The maximum atomic E-state index is 12.2. The predicted octanol–water partition coefficient (Wildman–Crippen LogP) is 2.73. The van der Waals surface area contributed by atoms with Gasteiger partial charge in [0.25, 0.3) is 0 Å². The molecule has 2 heterocycles. The molecule has 0 saturated carbocycles. The first-order valence-electron chi connectivity index (χ1n) is 8.41. The minimum atomic E-state index is -0.586. The third-order valence-electron chi connectivity index (χ3n) is 4.13. The summed E-state index contributed by atoms with van der Waals surface area (Å²) in [4.78, 5) is 30.8. The normalized spacial score (nSPS) is 13.9. The Morgan fingerprint density at radius 1 is 1.19 bits per heavy atom. The highest BCUT2D eigenvalue weighted by atomic mass is 79.9. The Balaban J connectivity index is 1.57. The summed E-state index contributed by atoms with van der Waals surface area (Å²) in [6.45, 7) is 2.51. The molecule has 1 aliphatic rings. The Hall–Kier alpha value is -2.45. The van der Waals surface area contributed by atoms with Crippen molar-refractivity contribution in [2.75, 3.05) is 44.9 Å². The van der Waals surface area contributed by atoms with E-state index >= 15 is 0 Å². The van der Waals surface area contributed by atoms with E-state index in [0.29, 0.717) is 34.6 Å². The molecule has 0 amide bonds. The van der Waals surface area contributed by atoms with Crippen LogP contribution < -0.4 is 9.64 Å². The summed E-state index contributed by atoms with van der Waals surface area (Å²) >= 11 is 3.33. The predicted molar refractivity (Wildman–Crippen MR) is 103 cm³/mol. The van der Waals surface area contributed by atoms with Crippen LogP contribution in [0.4, 0.5) is 5.82 Å². The fourth-order valence-electron chi connectivity index (χ4n) is 2.62. The number of ketones is 1. The molecule has 0 atom stereocenters. The average Bonchev–Trinajstić information content (AvgIpc) is 2.72. The fourth-order valence-corrected chi connectivity index (χ4v) is 3.16. The third kappa shape index (κ3) is 4.84. The van der Waals surface area contributed by atoms with E-state index in [2.05, 4.69) is 25.8 Å². The van der Waals surface area contributed by atoms with Crippen LogP contribution in [-0.4, -0.2) is 56.8 Å². The first-order chi connectivity index (χ1) is 13.1. The van der Waals surface area contributed by atoms with Crippen molar-refractivity contribution in [1.29, 1.82) is 0 Å². The number of pyridine rings is 1. The van der Waals surface area contributed by atoms with Crippen molar-refractivity contribution >= 4 is 33.5 Å². The van der Waals surface area contributed by atoms with Crippen molar-refractivity contribution < 1.29 is 23.8 Å². The second-order valence-corrected chi connectivity index (χ2v) is 6.71. The molecule has 142 valence electrons. The van der Waals surface area contributed by atoms with Crippen molar-refractivity contribution in [2.45, 2.75) is 0 Å². The molecular formula is C19H19BrN2O5. The molecule has 0 unspecified atom stereocenters. The minimum Gasteiger partial charge on any atom is -0.496 e. The van der Waals surface area contributed by atoms with Gasteiger partial charge in [0, 0.05) is 24.8 Å². The fraction of sp³-hybridized carbons (Fsp3) is 0.316. The molecule has 0 N–H and O–H groups in total. The number of benzene rings is 1. The minimum absolute atomic E-state index is 0.301. The number of ether oxygens (including phenoxy) is 3. The number of anilines is 1. The first kappa shape index (κ1) is 19.3. The zero-order chi connectivity index (χ0) is 19.2. The van der Waals surface area contributed by atoms with Crippen molar-refractivity contribution in [1.82, 2.24) is 4.98 Å². The number of methoxy groups -OCH3 is 1. The van der Waals surface area contributed by atoms with Gasteiger partial charge in [-0.3, -0.25) is 4.79 Å². The third-order valence-corrected chi connectivity index (χ3v) is 4.75. The summed E-state index contributed by atoms with van der Waals surface area (Å²) in [5, 5.41) is 0. The van der Waals surface area contributed by atoms with Gasteiger partial charge in [0.05, 0.1) is 30.4 Å². The number of carbonyl (C=O) groups excluding carboxylic acids is 2. The van der Waals surface area contributed by atoms with E-state index in [4.69, 9.17) is 14.2 Å². The maximum Gasteiger partial charge on any atom is 0.340 e. The van der Waals surface area contributed by atoms with Crippen LogP contribution >= 0.6 is 15.9 Å². The van der Waals surface area contributed by atoms with Gasteiger partial charge >= 0.3 is 5.97 Å². The summed E-state index contributed by atoms with van der Waals surface area (Å²) < 4.78 is 16.2. The van der Waals surface area contributed by atoms with Crippen molar-refractivity contribution in [3.63, 3.8) is 0 Å². The Bertz CT molecular complexity index is 819. The number of nitrogens with zero attached hydrogens (tertiary/aromatic N) is 2. The summed E-state index contributed by atoms with van der Waals surface area (Å²) in [5.74, 6) is 0.519. The molecule has 8 heteroatoms. The maximum absolute atomic E-state index is 12.2. The largest absolute Gasteiger partial charge is 0.496 e. The topological polar surface area (TPSA) is 78.0 Å². The quantitative estimate of drug-likeness (QED) is 0.510. The van der Waals surface area contributed by atoms with E-state index in [1.165, 1.54) is 6.20 Å². The highest BCUT2D eigenvalue weighted by molar-refractivity contribution is 9.10. The molecule has 1 saturated heterocycles. The lowest BCUT2D eigenvalue weighted by Gasteiger charge is -2.27. The van der Waals surface area contributed by atoms with Crippen molar-refractivity contribution in [2.24, 2.45) is 0 Å². The molecule has 7 nitrogen and oxygen atoms in total. The summed E-state index contributed by atoms with van der Waals surface area (Å²) in [6.07, 6.45) is 1.46. The molecule has 3 rings (SSSR count). The van der Waals surface area contributed by atoms with Crippen LogP contribution in [0.2, 0.25) is 0 Å². The number of rotatable bonds is 6. The Morgan fingerprint density at radius 2 is 1.93 bits per heavy atom. The van der Waals surface area contributed by atoms with Crippen molar-refractivity contribution in [3.05, 3.63) is 52.1 Å². The number of aromatic nitrogens is 1.